The molecule has 0 radical (unpaired) electrons. The molecule has 7 heteroatoms. The number of carbonyl (C=O) groups excluding carboxylic acids is 1. The van der Waals surface area contributed by atoms with Crippen molar-refractivity contribution in [3.63, 3.8) is 0 Å². The van der Waals surface area contributed by atoms with E-state index in [1.807, 2.05) is 29.0 Å². The van der Waals surface area contributed by atoms with Crippen LogP contribution in [-0.4, -0.2) is 29.3 Å². The topological polar surface area (TPSA) is 78.5 Å². The lowest BCUT2D eigenvalue weighted by Gasteiger charge is -2.14. The summed E-state index contributed by atoms with van der Waals surface area (Å²) in [5.74, 6) is 3.53. The quantitative estimate of drug-likeness (QED) is 0.725. The number of furan rings is 1. The Labute approximate surface area is 156 Å². The van der Waals surface area contributed by atoms with Gasteiger partial charge < -0.3 is 23.8 Å². The maximum atomic E-state index is 11.6. The third-order valence-corrected chi connectivity index (χ3v) is 4.61. The van der Waals surface area contributed by atoms with Crippen LogP contribution in [0.4, 0.5) is 0 Å². The minimum absolute atomic E-state index is 0.203. The Morgan fingerprint density at radius 3 is 2.96 bits per heavy atom. The second-order valence-corrected chi connectivity index (χ2v) is 6.55. The lowest BCUT2D eigenvalue weighted by atomic mass is 10.00. The van der Waals surface area contributed by atoms with E-state index in [0.717, 1.165) is 23.7 Å². The van der Waals surface area contributed by atoms with E-state index in [1.165, 1.54) is 5.56 Å². The van der Waals surface area contributed by atoms with Crippen molar-refractivity contribution < 1.29 is 18.7 Å². The molecule has 0 saturated carbocycles. The SMILES string of the molecule is CNC(=O)c1ccc(Cn2ccnc2C(C)Cc2ccc3c(c2)OCO3)o1. The Kier molecular flexibility index (Phi) is 4.58. The fourth-order valence-electron chi connectivity index (χ4n) is 3.27. The molecule has 27 heavy (non-hydrogen) atoms. The van der Waals surface area contributed by atoms with Gasteiger partial charge in [-0.2, -0.15) is 0 Å². The molecule has 1 unspecified atom stereocenters. The van der Waals surface area contributed by atoms with Crippen LogP contribution < -0.4 is 14.8 Å². The van der Waals surface area contributed by atoms with E-state index >= 15 is 0 Å². The van der Waals surface area contributed by atoms with Crippen LogP contribution in [0.2, 0.25) is 0 Å². The summed E-state index contributed by atoms with van der Waals surface area (Å²) in [6, 6.07) is 9.52. The summed E-state index contributed by atoms with van der Waals surface area (Å²) in [5, 5.41) is 2.56. The molecule has 1 aliphatic heterocycles. The van der Waals surface area contributed by atoms with Crippen molar-refractivity contribution in [1.29, 1.82) is 0 Å². The summed E-state index contributed by atoms with van der Waals surface area (Å²) in [6.45, 7) is 2.94. The van der Waals surface area contributed by atoms with Gasteiger partial charge in [0.1, 0.15) is 11.6 Å². The number of carbonyl (C=O) groups is 1. The molecule has 3 aromatic rings. The number of imidazole rings is 1. The van der Waals surface area contributed by atoms with Crippen molar-refractivity contribution in [3.05, 3.63) is 65.6 Å². The molecule has 0 fully saturated rings. The van der Waals surface area contributed by atoms with Gasteiger partial charge in [0.15, 0.2) is 17.3 Å². The highest BCUT2D eigenvalue weighted by molar-refractivity contribution is 5.91. The summed E-state index contributed by atoms with van der Waals surface area (Å²) >= 11 is 0. The number of nitrogens with zero attached hydrogens (tertiary/aromatic N) is 2. The molecule has 0 spiro atoms. The van der Waals surface area contributed by atoms with Gasteiger partial charge in [0.25, 0.3) is 5.91 Å². The van der Waals surface area contributed by atoms with E-state index in [4.69, 9.17) is 13.9 Å². The molecule has 0 saturated heterocycles. The van der Waals surface area contributed by atoms with Crippen molar-refractivity contribution in [2.75, 3.05) is 13.8 Å². The first-order valence-electron chi connectivity index (χ1n) is 8.84. The monoisotopic (exact) mass is 367 g/mol. The largest absolute Gasteiger partial charge is 0.454 e. The van der Waals surface area contributed by atoms with Crippen molar-refractivity contribution in [3.8, 4) is 11.5 Å². The van der Waals surface area contributed by atoms with E-state index in [1.54, 1.807) is 19.3 Å². The Hall–Kier alpha value is -3.22. The summed E-state index contributed by atoms with van der Waals surface area (Å²) in [5.41, 5.74) is 1.17. The van der Waals surface area contributed by atoms with Crippen molar-refractivity contribution in [2.45, 2.75) is 25.8 Å². The van der Waals surface area contributed by atoms with Gasteiger partial charge in [-0.3, -0.25) is 4.79 Å². The summed E-state index contributed by atoms with van der Waals surface area (Å²) < 4.78 is 18.5. The molecule has 1 N–H and O–H groups in total. The Morgan fingerprint density at radius 1 is 1.26 bits per heavy atom. The predicted octanol–water partition coefficient (Wildman–Crippen LogP) is 2.96. The highest BCUT2D eigenvalue weighted by Gasteiger charge is 2.18. The number of aromatic nitrogens is 2. The summed E-state index contributed by atoms with van der Waals surface area (Å²) in [6.07, 6.45) is 4.54. The minimum Gasteiger partial charge on any atom is -0.454 e. The van der Waals surface area contributed by atoms with Gasteiger partial charge in [-0.1, -0.05) is 13.0 Å². The number of benzene rings is 1. The molecule has 1 amide bonds. The Bertz CT molecular complexity index is 960. The number of hydrogen-bond acceptors (Lipinski definition) is 5. The van der Waals surface area contributed by atoms with Crippen LogP contribution in [0.15, 0.2) is 47.1 Å². The van der Waals surface area contributed by atoms with Gasteiger partial charge in [0, 0.05) is 25.4 Å². The van der Waals surface area contributed by atoms with Crippen LogP contribution in [0, 0.1) is 0 Å². The zero-order valence-corrected chi connectivity index (χ0v) is 15.3. The smallest absolute Gasteiger partial charge is 0.286 e. The normalized spacial score (nSPS) is 13.6. The summed E-state index contributed by atoms with van der Waals surface area (Å²) in [7, 11) is 1.58. The molecule has 1 aliphatic rings. The zero-order valence-electron chi connectivity index (χ0n) is 15.3. The number of fused-ring (bicyclic) bond motifs is 1. The molecule has 0 aliphatic carbocycles. The predicted molar refractivity (Wildman–Crippen MR) is 98.1 cm³/mol. The number of hydrogen-bond donors (Lipinski definition) is 1. The highest BCUT2D eigenvalue weighted by atomic mass is 16.7. The molecule has 4 rings (SSSR count). The van der Waals surface area contributed by atoms with Crippen LogP contribution >= 0.6 is 0 Å². The average Bonchev–Trinajstić information content (AvgIpc) is 3.41. The molecule has 7 nitrogen and oxygen atoms in total. The summed E-state index contributed by atoms with van der Waals surface area (Å²) in [4.78, 5) is 16.2. The average molecular weight is 367 g/mol. The maximum Gasteiger partial charge on any atom is 0.286 e. The third kappa shape index (κ3) is 3.53. The van der Waals surface area contributed by atoms with Gasteiger partial charge >= 0.3 is 0 Å². The molecule has 2 aromatic heterocycles. The van der Waals surface area contributed by atoms with Gasteiger partial charge in [-0.05, 0) is 36.2 Å². The van der Waals surface area contributed by atoms with Crippen LogP contribution in [0.3, 0.4) is 0 Å². The Morgan fingerprint density at radius 2 is 2.11 bits per heavy atom. The van der Waals surface area contributed by atoms with Crippen molar-refractivity contribution >= 4 is 5.91 Å². The third-order valence-electron chi connectivity index (χ3n) is 4.61. The maximum absolute atomic E-state index is 11.6. The molecule has 0 bridgehead atoms. The fraction of sp³-hybridized carbons (Fsp3) is 0.300. The number of amides is 1. The van der Waals surface area contributed by atoms with Crippen molar-refractivity contribution in [2.24, 2.45) is 0 Å². The van der Waals surface area contributed by atoms with Gasteiger partial charge in [-0.15, -0.1) is 0 Å². The van der Waals surface area contributed by atoms with Crippen LogP contribution in [0.5, 0.6) is 11.5 Å². The van der Waals surface area contributed by atoms with E-state index in [0.29, 0.717) is 18.1 Å². The van der Waals surface area contributed by atoms with Crippen LogP contribution in [-0.2, 0) is 13.0 Å². The number of ether oxygens (including phenoxy) is 2. The van der Waals surface area contributed by atoms with E-state index in [2.05, 4.69) is 23.3 Å². The van der Waals surface area contributed by atoms with Crippen LogP contribution in [0.25, 0.3) is 0 Å². The first-order chi connectivity index (χ1) is 13.1. The van der Waals surface area contributed by atoms with Gasteiger partial charge in [0.05, 0.1) is 6.54 Å². The fourth-order valence-corrected chi connectivity index (χ4v) is 3.27. The van der Waals surface area contributed by atoms with Crippen LogP contribution in [0.1, 0.15) is 40.5 Å². The molecular formula is C20H21N3O4. The van der Waals surface area contributed by atoms with E-state index in [9.17, 15) is 4.79 Å². The first-order valence-corrected chi connectivity index (χ1v) is 8.84. The standard InChI is InChI=1S/C20H21N3O4/c1-13(9-14-3-5-16-18(10-14)26-12-25-16)19-22-7-8-23(19)11-15-4-6-17(27-15)20(24)21-2/h3-8,10,13H,9,11-12H2,1-2H3,(H,21,24). The first kappa shape index (κ1) is 17.2. The van der Waals surface area contributed by atoms with E-state index < -0.39 is 0 Å². The Balaban J connectivity index is 1.48. The lowest BCUT2D eigenvalue weighted by molar-refractivity contribution is 0.0933. The van der Waals surface area contributed by atoms with Gasteiger partial charge in [-0.25, -0.2) is 4.98 Å². The highest BCUT2D eigenvalue weighted by Crippen LogP contribution is 2.33. The van der Waals surface area contributed by atoms with Crippen molar-refractivity contribution in [1.82, 2.24) is 14.9 Å². The number of nitrogens with one attached hydrogen (secondary N) is 1. The zero-order chi connectivity index (χ0) is 18.8. The van der Waals surface area contributed by atoms with Gasteiger partial charge in [0.2, 0.25) is 6.79 Å². The molecule has 1 aromatic carbocycles. The molecule has 140 valence electrons. The minimum atomic E-state index is -0.233. The number of rotatable bonds is 6. The second-order valence-electron chi connectivity index (χ2n) is 6.55. The van der Waals surface area contributed by atoms with E-state index in [-0.39, 0.29) is 18.6 Å². The molecule has 1 atom stereocenters. The second kappa shape index (κ2) is 7.19. The molecule has 3 heterocycles. The lowest BCUT2D eigenvalue weighted by Crippen LogP contribution is -2.16. The molecular weight excluding hydrogens is 346 g/mol.